The summed E-state index contributed by atoms with van der Waals surface area (Å²) < 4.78 is 4.94. The van der Waals surface area contributed by atoms with Crippen molar-refractivity contribution in [1.29, 1.82) is 0 Å². The molecule has 0 bridgehead atoms. The minimum Gasteiger partial charge on any atom is -0.452 e. The number of amides is 1. The van der Waals surface area contributed by atoms with Crippen LogP contribution in [0.25, 0.3) is 6.08 Å². The molecule has 1 aliphatic rings. The van der Waals surface area contributed by atoms with E-state index in [2.05, 4.69) is 0 Å². The fourth-order valence-electron chi connectivity index (χ4n) is 2.69. The molecule has 0 unspecified atom stereocenters. The van der Waals surface area contributed by atoms with E-state index in [0.29, 0.717) is 12.1 Å². The summed E-state index contributed by atoms with van der Waals surface area (Å²) in [4.78, 5) is 35.9. The maximum absolute atomic E-state index is 12.1. The molecule has 7 heteroatoms. The van der Waals surface area contributed by atoms with E-state index >= 15 is 0 Å². The molecule has 0 radical (unpaired) electrons. The molecule has 0 aliphatic carbocycles. The highest BCUT2D eigenvalue weighted by Crippen LogP contribution is 2.19. The van der Waals surface area contributed by atoms with Crippen LogP contribution < -0.4 is 0 Å². The molecular weight excluding hydrogens is 312 g/mol. The second-order valence-corrected chi connectivity index (χ2v) is 5.69. The van der Waals surface area contributed by atoms with Crippen LogP contribution in [0.4, 0.5) is 5.69 Å². The van der Waals surface area contributed by atoms with Gasteiger partial charge < -0.3 is 9.64 Å². The largest absolute Gasteiger partial charge is 0.452 e. The summed E-state index contributed by atoms with van der Waals surface area (Å²) in [5.41, 5.74) is 0.204. The van der Waals surface area contributed by atoms with Gasteiger partial charge in [-0.1, -0.05) is 12.1 Å². The van der Waals surface area contributed by atoms with Crippen LogP contribution in [0.15, 0.2) is 30.3 Å². The summed E-state index contributed by atoms with van der Waals surface area (Å²) in [6, 6.07) is 6.23. The van der Waals surface area contributed by atoms with Crippen molar-refractivity contribution in [2.45, 2.75) is 32.2 Å². The molecule has 1 aromatic rings. The smallest absolute Gasteiger partial charge is 0.331 e. The maximum Gasteiger partial charge on any atom is 0.331 e. The molecule has 1 saturated heterocycles. The van der Waals surface area contributed by atoms with E-state index in [1.54, 1.807) is 17.0 Å². The summed E-state index contributed by atoms with van der Waals surface area (Å²) in [7, 11) is 0. The number of esters is 1. The van der Waals surface area contributed by atoms with Crippen molar-refractivity contribution < 1.29 is 19.2 Å². The third kappa shape index (κ3) is 4.65. The molecule has 1 aliphatic heterocycles. The first-order valence-corrected chi connectivity index (χ1v) is 7.87. The van der Waals surface area contributed by atoms with E-state index in [0.717, 1.165) is 25.3 Å². The number of para-hydroxylation sites is 1. The van der Waals surface area contributed by atoms with Crippen LogP contribution in [-0.2, 0) is 14.3 Å². The van der Waals surface area contributed by atoms with Crippen molar-refractivity contribution in [3.63, 3.8) is 0 Å². The normalized spacial score (nSPS) is 17.7. The molecule has 1 atom stereocenters. The Hall–Kier alpha value is -2.70. The topological polar surface area (TPSA) is 89.8 Å². The van der Waals surface area contributed by atoms with Crippen molar-refractivity contribution in [2.75, 3.05) is 13.2 Å². The zero-order chi connectivity index (χ0) is 17.5. The van der Waals surface area contributed by atoms with Gasteiger partial charge >= 0.3 is 5.97 Å². The minimum absolute atomic E-state index is 0.0974. The Bertz CT molecular complexity index is 656. The van der Waals surface area contributed by atoms with Gasteiger partial charge in [-0.2, -0.15) is 0 Å². The van der Waals surface area contributed by atoms with Crippen LogP contribution >= 0.6 is 0 Å². The average Bonchev–Trinajstić information content (AvgIpc) is 2.58. The number of nitrogens with zero attached hydrogens (tertiary/aromatic N) is 2. The average molecular weight is 332 g/mol. The molecular formula is C17H20N2O5. The molecule has 0 N–H and O–H groups in total. The van der Waals surface area contributed by atoms with Crippen LogP contribution in [0, 0.1) is 10.1 Å². The summed E-state index contributed by atoms with van der Waals surface area (Å²) >= 11 is 0. The Labute approximate surface area is 140 Å². The zero-order valence-electron chi connectivity index (χ0n) is 13.5. The highest BCUT2D eigenvalue weighted by atomic mass is 16.6. The fraction of sp³-hybridized carbons (Fsp3) is 0.412. The SMILES string of the molecule is C[C@@H]1CCCCN1C(=O)COC(=O)/C=C/c1ccccc1[N+](=O)[O-]. The number of rotatable bonds is 5. The first-order valence-electron chi connectivity index (χ1n) is 7.87. The highest BCUT2D eigenvalue weighted by Gasteiger charge is 2.23. The molecule has 1 amide bonds. The summed E-state index contributed by atoms with van der Waals surface area (Å²) in [5, 5.41) is 10.9. The first-order chi connectivity index (χ1) is 11.5. The number of nitro benzene ring substituents is 1. The quantitative estimate of drug-likeness (QED) is 0.358. The lowest BCUT2D eigenvalue weighted by molar-refractivity contribution is -0.385. The lowest BCUT2D eigenvalue weighted by Crippen LogP contribution is -2.44. The van der Waals surface area contributed by atoms with Gasteiger partial charge in [0.2, 0.25) is 0 Å². The van der Waals surface area contributed by atoms with Gasteiger partial charge in [0.05, 0.1) is 10.5 Å². The molecule has 7 nitrogen and oxygen atoms in total. The number of piperidine rings is 1. The van der Waals surface area contributed by atoms with Crippen molar-refractivity contribution in [3.8, 4) is 0 Å². The van der Waals surface area contributed by atoms with E-state index in [1.165, 1.54) is 18.2 Å². The Morgan fingerprint density at radius 2 is 2.12 bits per heavy atom. The predicted octanol–water partition coefficient (Wildman–Crippen LogP) is 2.55. The molecule has 2 rings (SSSR count). The Kier molecular flexibility index (Phi) is 6.06. The standard InChI is InChI=1S/C17H20N2O5/c1-13-6-4-5-11-18(13)16(20)12-24-17(21)10-9-14-7-2-3-8-15(14)19(22)23/h2-3,7-10,13H,4-6,11-12H2,1H3/b10-9+/t13-/m1/s1. The predicted molar refractivity (Wildman–Crippen MR) is 88.1 cm³/mol. The van der Waals surface area contributed by atoms with Gasteiger partial charge in [0.25, 0.3) is 11.6 Å². The van der Waals surface area contributed by atoms with Gasteiger partial charge in [-0.05, 0) is 38.3 Å². The van der Waals surface area contributed by atoms with Crippen molar-refractivity contribution in [3.05, 3.63) is 46.0 Å². The van der Waals surface area contributed by atoms with E-state index in [1.807, 2.05) is 6.92 Å². The number of likely N-dealkylation sites (tertiary alicyclic amines) is 1. The van der Waals surface area contributed by atoms with Gasteiger partial charge in [0, 0.05) is 24.7 Å². The Morgan fingerprint density at radius 1 is 1.38 bits per heavy atom. The lowest BCUT2D eigenvalue weighted by Gasteiger charge is -2.33. The number of hydrogen-bond donors (Lipinski definition) is 0. The van der Waals surface area contributed by atoms with Gasteiger partial charge in [-0.3, -0.25) is 14.9 Å². The van der Waals surface area contributed by atoms with E-state index < -0.39 is 10.9 Å². The monoisotopic (exact) mass is 332 g/mol. The summed E-state index contributed by atoms with van der Waals surface area (Å²) in [6.07, 6.45) is 5.42. The third-order valence-electron chi connectivity index (χ3n) is 3.99. The number of nitro groups is 1. The molecule has 24 heavy (non-hydrogen) atoms. The highest BCUT2D eigenvalue weighted by molar-refractivity contribution is 5.90. The van der Waals surface area contributed by atoms with Crippen LogP contribution in [-0.4, -0.2) is 40.9 Å². The lowest BCUT2D eigenvalue weighted by atomic mass is 10.0. The van der Waals surface area contributed by atoms with Crippen LogP contribution in [0.3, 0.4) is 0 Å². The minimum atomic E-state index is -0.703. The number of benzene rings is 1. The number of carbonyl (C=O) groups excluding carboxylic acids is 2. The number of ether oxygens (including phenoxy) is 1. The fourth-order valence-corrected chi connectivity index (χ4v) is 2.69. The molecule has 0 spiro atoms. The van der Waals surface area contributed by atoms with E-state index in [9.17, 15) is 19.7 Å². The molecule has 0 saturated carbocycles. The summed E-state index contributed by atoms with van der Waals surface area (Å²) in [5.74, 6) is -0.916. The van der Waals surface area contributed by atoms with Crippen molar-refractivity contribution in [1.82, 2.24) is 4.90 Å². The maximum atomic E-state index is 12.1. The second kappa shape index (κ2) is 8.24. The zero-order valence-corrected chi connectivity index (χ0v) is 13.5. The van der Waals surface area contributed by atoms with Crippen LogP contribution in [0.5, 0.6) is 0 Å². The number of hydrogen-bond acceptors (Lipinski definition) is 5. The number of carbonyl (C=O) groups is 2. The molecule has 1 fully saturated rings. The Morgan fingerprint density at radius 3 is 2.83 bits per heavy atom. The Balaban J connectivity index is 1.89. The molecule has 1 aromatic carbocycles. The van der Waals surface area contributed by atoms with Gasteiger partial charge in [0.15, 0.2) is 6.61 Å². The second-order valence-electron chi connectivity index (χ2n) is 5.69. The molecule has 0 aromatic heterocycles. The summed E-state index contributed by atoms with van der Waals surface area (Å²) in [6.45, 7) is 2.35. The first kappa shape index (κ1) is 17.7. The molecule has 128 valence electrons. The van der Waals surface area contributed by atoms with Gasteiger partial charge in [0.1, 0.15) is 0 Å². The van der Waals surface area contributed by atoms with Crippen LogP contribution in [0.1, 0.15) is 31.7 Å². The van der Waals surface area contributed by atoms with Gasteiger partial charge in [-0.15, -0.1) is 0 Å². The van der Waals surface area contributed by atoms with Crippen molar-refractivity contribution in [2.24, 2.45) is 0 Å². The van der Waals surface area contributed by atoms with Gasteiger partial charge in [-0.25, -0.2) is 4.79 Å². The van der Waals surface area contributed by atoms with Crippen molar-refractivity contribution >= 4 is 23.6 Å². The van der Waals surface area contributed by atoms with Crippen LogP contribution in [0.2, 0.25) is 0 Å². The van der Waals surface area contributed by atoms with E-state index in [4.69, 9.17) is 4.74 Å². The van der Waals surface area contributed by atoms with E-state index in [-0.39, 0.29) is 24.2 Å². The molecule has 1 heterocycles. The third-order valence-corrected chi connectivity index (χ3v) is 3.99.